The fraction of sp³-hybridized carbons (Fsp3) is 0.556. The Labute approximate surface area is 237 Å². The number of nitrogens with zero attached hydrogens (tertiary/aromatic N) is 2. The predicted octanol–water partition coefficient (Wildman–Crippen LogP) is -3.37. The number of H-pyrrole nitrogens is 2. The molecule has 0 spiro atoms. The molecule has 0 saturated carbocycles. The lowest BCUT2D eigenvalue weighted by Crippen LogP contribution is -2.39. The van der Waals surface area contributed by atoms with E-state index in [-0.39, 0.29) is 0 Å². The number of hydrogen-bond acceptors (Lipinski definition) is 14. The summed E-state index contributed by atoms with van der Waals surface area (Å²) in [6, 6.07) is 1.95. The Hall–Kier alpha value is -1.81. The Morgan fingerprint density at radius 1 is 0.854 bits per heavy atom. The summed E-state index contributed by atoms with van der Waals surface area (Å²) in [6.45, 7) is -10.2. The lowest BCUT2D eigenvalue weighted by atomic mass is 10.1. The first-order valence-electron chi connectivity index (χ1n) is 11.4. The molecule has 19 nitrogen and oxygen atoms in total. The average molecular weight is 662 g/mol. The maximum absolute atomic E-state index is 12.2. The molecule has 7 N–H and O–H groups in total. The zero-order valence-electron chi connectivity index (χ0n) is 20.3. The van der Waals surface area contributed by atoms with Crippen molar-refractivity contribution in [3.05, 3.63) is 66.2 Å². The SMILES string of the molecule is O=c1ccn([C@@H]2O[C@H](COP(O)(=S)O[C@H]3[C@@H](O)[C@H](n4ccc(=O)[nH]c4=O)O[C@@H]3COP(=O)(O)S)[C@@H](O)[C@H]2O)c(=O)[nH]1. The highest BCUT2D eigenvalue weighted by atomic mass is 32.7. The van der Waals surface area contributed by atoms with Crippen LogP contribution in [0.25, 0.3) is 0 Å². The van der Waals surface area contributed by atoms with Crippen molar-refractivity contribution in [3.63, 3.8) is 0 Å². The number of thiol groups is 1. The molecule has 2 aliphatic rings. The van der Waals surface area contributed by atoms with Crippen molar-refractivity contribution in [2.45, 2.75) is 49.1 Å². The molecule has 4 rings (SSSR count). The Bertz CT molecular complexity index is 1590. The van der Waals surface area contributed by atoms with Crippen LogP contribution < -0.4 is 22.5 Å². The molecule has 0 aromatic carbocycles. The molecule has 2 saturated heterocycles. The van der Waals surface area contributed by atoms with Gasteiger partial charge in [0.25, 0.3) is 11.1 Å². The van der Waals surface area contributed by atoms with E-state index >= 15 is 0 Å². The maximum Gasteiger partial charge on any atom is 0.383 e. The smallest absolute Gasteiger partial charge is 0.383 e. The van der Waals surface area contributed by atoms with Gasteiger partial charge in [0.1, 0.15) is 36.6 Å². The Kier molecular flexibility index (Phi) is 9.73. The fourth-order valence-electron chi connectivity index (χ4n) is 4.09. The van der Waals surface area contributed by atoms with E-state index in [1.807, 2.05) is 9.97 Å². The zero-order chi connectivity index (χ0) is 30.3. The quantitative estimate of drug-likeness (QED) is 0.0911. The van der Waals surface area contributed by atoms with Gasteiger partial charge in [-0.25, -0.2) is 14.2 Å². The highest BCUT2D eigenvalue weighted by molar-refractivity contribution is 8.44. The minimum atomic E-state index is -4.37. The van der Waals surface area contributed by atoms with Gasteiger partial charge in [-0.05, 0) is 11.8 Å². The summed E-state index contributed by atoms with van der Waals surface area (Å²) >= 11 is 8.37. The van der Waals surface area contributed by atoms with E-state index in [9.17, 15) is 48.8 Å². The van der Waals surface area contributed by atoms with Crippen LogP contribution in [0.4, 0.5) is 0 Å². The normalized spacial score (nSPS) is 32.9. The fourth-order valence-corrected chi connectivity index (χ4v) is 6.07. The van der Waals surface area contributed by atoms with Crippen LogP contribution >= 0.6 is 25.8 Å². The largest absolute Gasteiger partial charge is 0.387 e. The van der Waals surface area contributed by atoms with Crippen molar-refractivity contribution in [2.75, 3.05) is 13.2 Å². The molecule has 23 heteroatoms. The standard InChI is InChI=1S/C18H24N4O15P2S2/c23-9-1-3-21(17(28)19-9)15-12(26)11(25)7(35-15)5-34-39(32,41)37-14-8(6-33-38(30,31)40)36-16(13(14)27)22-4-2-10(24)20-18(22)29/h1-4,7-8,11-16,25-27H,5-6H2,(H,32,41)(H,19,23,28)(H,20,24,29)(H2,30,31,40)/t7-,8-,11-,12-,13-,14-,15-,16-,39?/m1/s1. The molecule has 2 fully saturated rings. The van der Waals surface area contributed by atoms with E-state index in [1.54, 1.807) is 0 Å². The van der Waals surface area contributed by atoms with Crippen molar-refractivity contribution in [1.29, 1.82) is 0 Å². The molecule has 0 aliphatic carbocycles. The Morgan fingerprint density at radius 3 is 1.85 bits per heavy atom. The third-order valence-corrected chi connectivity index (χ3v) is 8.35. The van der Waals surface area contributed by atoms with Crippen molar-refractivity contribution in [3.8, 4) is 0 Å². The molecule has 2 aromatic heterocycles. The van der Waals surface area contributed by atoms with Gasteiger partial charge in [0.05, 0.1) is 13.2 Å². The maximum atomic E-state index is 12.2. The van der Waals surface area contributed by atoms with E-state index in [1.165, 1.54) is 0 Å². The molecule has 2 unspecified atom stereocenters. The molecule has 0 amide bonds. The van der Waals surface area contributed by atoms with Gasteiger partial charge in [-0.2, -0.15) is 0 Å². The first-order chi connectivity index (χ1) is 19.1. The number of rotatable bonds is 10. The molecular formula is C18H24N4O15P2S2. The van der Waals surface area contributed by atoms with E-state index < -0.39 is 98.3 Å². The molecule has 41 heavy (non-hydrogen) atoms. The van der Waals surface area contributed by atoms with Gasteiger partial charge >= 0.3 is 24.9 Å². The second-order valence-electron chi connectivity index (χ2n) is 8.76. The number of aromatic amines is 2. The van der Waals surface area contributed by atoms with Gasteiger partial charge in [0.15, 0.2) is 12.5 Å². The molecule has 0 bridgehead atoms. The lowest BCUT2D eigenvalue weighted by molar-refractivity contribution is -0.0570. The number of ether oxygens (including phenoxy) is 2. The van der Waals surface area contributed by atoms with Crippen LogP contribution in [0.2, 0.25) is 0 Å². The minimum Gasteiger partial charge on any atom is -0.387 e. The summed E-state index contributed by atoms with van der Waals surface area (Å²) in [7, 11) is 0. The van der Waals surface area contributed by atoms with Gasteiger partial charge in [-0.15, -0.1) is 0 Å². The minimum absolute atomic E-state index is 0.698. The molecule has 228 valence electrons. The van der Waals surface area contributed by atoms with Gasteiger partial charge in [0, 0.05) is 24.5 Å². The second kappa shape index (κ2) is 12.4. The monoisotopic (exact) mass is 662 g/mol. The number of nitrogens with one attached hydrogen (secondary N) is 2. The lowest BCUT2D eigenvalue weighted by Gasteiger charge is -2.26. The van der Waals surface area contributed by atoms with E-state index in [2.05, 4.69) is 12.2 Å². The van der Waals surface area contributed by atoms with Crippen molar-refractivity contribution in [1.82, 2.24) is 19.1 Å². The summed E-state index contributed by atoms with van der Waals surface area (Å²) < 4.78 is 39.5. The van der Waals surface area contributed by atoms with E-state index in [4.69, 9.17) is 34.9 Å². The molecule has 2 aromatic rings. The first kappa shape index (κ1) is 32.1. The van der Waals surface area contributed by atoms with Crippen molar-refractivity contribution < 1.29 is 52.7 Å². The molecule has 2 aliphatic heterocycles. The van der Waals surface area contributed by atoms with Crippen LogP contribution in [0, 0.1) is 0 Å². The number of aliphatic hydroxyl groups excluding tert-OH is 3. The topological polar surface area (TPSA) is 274 Å². The summed E-state index contributed by atoms with van der Waals surface area (Å²) in [5.41, 5.74) is -3.36. The molecule has 10 atom stereocenters. The van der Waals surface area contributed by atoms with Crippen LogP contribution in [0.1, 0.15) is 12.5 Å². The Morgan fingerprint density at radius 2 is 1.34 bits per heavy atom. The summed E-state index contributed by atoms with van der Waals surface area (Å²) in [5.74, 6) is 0. The summed E-state index contributed by atoms with van der Waals surface area (Å²) in [4.78, 5) is 71.0. The molecular weight excluding hydrogens is 638 g/mol. The van der Waals surface area contributed by atoms with Crippen LogP contribution in [0.3, 0.4) is 0 Å². The third-order valence-electron chi connectivity index (χ3n) is 5.96. The Balaban J connectivity index is 1.48. The van der Waals surface area contributed by atoms with Crippen LogP contribution in [-0.4, -0.2) is 94.0 Å². The van der Waals surface area contributed by atoms with Gasteiger partial charge < -0.3 is 39.1 Å². The van der Waals surface area contributed by atoms with Crippen molar-refractivity contribution in [2.24, 2.45) is 0 Å². The summed E-state index contributed by atoms with van der Waals surface area (Å²) in [5, 5.41) is 31.6. The third kappa shape index (κ3) is 7.59. The molecule has 4 heterocycles. The van der Waals surface area contributed by atoms with Crippen LogP contribution in [0.15, 0.2) is 43.7 Å². The first-order valence-corrected chi connectivity index (χ1v) is 16.7. The van der Waals surface area contributed by atoms with Gasteiger partial charge in [0.2, 0.25) is 0 Å². The molecule has 0 radical (unpaired) electrons. The van der Waals surface area contributed by atoms with Gasteiger partial charge in [-0.1, -0.05) is 12.2 Å². The second-order valence-corrected chi connectivity index (χ2v) is 14.3. The number of hydrogen-bond donors (Lipinski definition) is 8. The number of aliphatic hydroxyl groups is 3. The van der Waals surface area contributed by atoms with Crippen LogP contribution in [-0.2, 0) is 39.4 Å². The van der Waals surface area contributed by atoms with Gasteiger partial charge in [-0.3, -0.25) is 37.7 Å². The van der Waals surface area contributed by atoms with Crippen molar-refractivity contribution >= 4 is 37.6 Å². The highest BCUT2D eigenvalue weighted by Crippen LogP contribution is 2.51. The highest BCUT2D eigenvalue weighted by Gasteiger charge is 2.50. The summed E-state index contributed by atoms with van der Waals surface area (Å²) in [6.07, 6.45) is -10.5. The van der Waals surface area contributed by atoms with E-state index in [0.717, 1.165) is 33.7 Å². The number of aromatic nitrogens is 4. The zero-order valence-corrected chi connectivity index (χ0v) is 23.8. The van der Waals surface area contributed by atoms with E-state index in [0.29, 0.717) is 0 Å². The predicted molar refractivity (Wildman–Crippen MR) is 141 cm³/mol. The van der Waals surface area contributed by atoms with Crippen LogP contribution in [0.5, 0.6) is 0 Å². The average Bonchev–Trinajstić information content (AvgIpc) is 3.31.